The van der Waals surface area contributed by atoms with E-state index in [9.17, 15) is 5.11 Å². The first-order valence-electron chi connectivity index (χ1n) is 7.14. The molecule has 0 spiro atoms. The fraction of sp³-hybridized carbons (Fsp3) is 0.333. The second-order valence-electron chi connectivity index (χ2n) is 5.60. The Morgan fingerprint density at radius 1 is 1.00 bits per heavy atom. The quantitative estimate of drug-likeness (QED) is 0.868. The molecule has 2 aromatic rings. The van der Waals surface area contributed by atoms with Gasteiger partial charge in [-0.05, 0) is 23.1 Å². The summed E-state index contributed by atoms with van der Waals surface area (Å²) >= 11 is 0. The summed E-state index contributed by atoms with van der Waals surface area (Å²) in [5.41, 5.74) is 8.82. The van der Waals surface area contributed by atoms with Crippen LogP contribution in [0.4, 0.5) is 0 Å². The van der Waals surface area contributed by atoms with Crippen LogP contribution in [0.3, 0.4) is 0 Å². The Kier molecular flexibility index (Phi) is 4.58. The van der Waals surface area contributed by atoms with Crippen LogP contribution in [0, 0.1) is 5.41 Å². The van der Waals surface area contributed by atoms with E-state index in [4.69, 9.17) is 5.73 Å². The zero-order valence-electron chi connectivity index (χ0n) is 12.2. The molecule has 0 radical (unpaired) electrons. The molecule has 2 aromatic carbocycles. The lowest BCUT2D eigenvalue weighted by atomic mass is 9.78. The van der Waals surface area contributed by atoms with Crippen LogP contribution in [0.25, 0.3) is 11.1 Å². The van der Waals surface area contributed by atoms with E-state index in [1.54, 1.807) is 0 Å². The second-order valence-corrected chi connectivity index (χ2v) is 5.60. The Morgan fingerprint density at radius 2 is 1.55 bits per heavy atom. The van der Waals surface area contributed by atoms with E-state index in [1.807, 2.05) is 37.3 Å². The molecule has 0 aromatic heterocycles. The summed E-state index contributed by atoms with van der Waals surface area (Å²) in [6, 6.07) is 18.3. The van der Waals surface area contributed by atoms with E-state index < -0.39 is 6.10 Å². The first-order chi connectivity index (χ1) is 9.60. The highest BCUT2D eigenvalue weighted by molar-refractivity contribution is 5.63. The molecule has 0 saturated carbocycles. The Bertz CT molecular complexity index is 529. The number of aliphatic hydroxyl groups is 1. The first-order valence-corrected chi connectivity index (χ1v) is 7.14. The topological polar surface area (TPSA) is 46.2 Å². The van der Waals surface area contributed by atoms with E-state index in [-0.39, 0.29) is 5.41 Å². The van der Waals surface area contributed by atoms with Crippen molar-refractivity contribution < 1.29 is 5.11 Å². The third-order valence-electron chi connectivity index (χ3n) is 4.27. The normalized spacial score (nSPS) is 15.6. The average molecular weight is 269 g/mol. The zero-order chi connectivity index (χ0) is 14.6. The van der Waals surface area contributed by atoms with Gasteiger partial charge in [0.05, 0.1) is 6.10 Å². The van der Waals surface area contributed by atoms with Crippen molar-refractivity contribution in [3.63, 3.8) is 0 Å². The second kappa shape index (κ2) is 6.21. The molecule has 0 saturated heterocycles. The smallest absolute Gasteiger partial charge is 0.0855 e. The molecule has 0 bridgehead atoms. The maximum absolute atomic E-state index is 10.5. The van der Waals surface area contributed by atoms with Gasteiger partial charge < -0.3 is 10.8 Å². The molecule has 3 N–H and O–H groups in total. The fourth-order valence-electron chi connectivity index (χ4n) is 2.34. The minimum atomic E-state index is -0.526. The Morgan fingerprint density at radius 3 is 2.05 bits per heavy atom. The Balaban J connectivity index is 2.25. The number of benzene rings is 2. The van der Waals surface area contributed by atoms with Crippen molar-refractivity contribution in [1.29, 1.82) is 0 Å². The van der Waals surface area contributed by atoms with E-state index in [0.29, 0.717) is 6.54 Å². The van der Waals surface area contributed by atoms with E-state index in [2.05, 4.69) is 31.2 Å². The van der Waals surface area contributed by atoms with Crippen molar-refractivity contribution in [2.24, 2.45) is 11.1 Å². The maximum Gasteiger partial charge on any atom is 0.0855 e. The van der Waals surface area contributed by atoms with Gasteiger partial charge in [-0.2, -0.15) is 0 Å². The third-order valence-corrected chi connectivity index (χ3v) is 4.27. The summed E-state index contributed by atoms with van der Waals surface area (Å²) in [5, 5.41) is 10.5. The molecule has 2 atom stereocenters. The molecule has 0 heterocycles. The van der Waals surface area contributed by atoms with Crippen molar-refractivity contribution in [3.05, 3.63) is 60.2 Å². The average Bonchev–Trinajstić information content (AvgIpc) is 2.54. The highest BCUT2D eigenvalue weighted by Gasteiger charge is 2.30. The highest BCUT2D eigenvalue weighted by atomic mass is 16.3. The van der Waals surface area contributed by atoms with Gasteiger partial charge in [-0.25, -0.2) is 0 Å². The fourth-order valence-corrected chi connectivity index (χ4v) is 2.34. The van der Waals surface area contributed by atoms with Crippen molar-refractivity contribution in [2.75, 3.05) is 6.54 Å². The molecule has 2 unspecified atom stereocenters. The first kappa shape index (κ1) is 14.8. The molecular weight excluding hydrogens is 246 g/mol. The minimum Gasteiger partial charge on any atom is -0.388 e. The van der Waals surface area contributed by atoms with Gasteiger partial charge in [-0.1, -0.05) is 68.4 Å². The summed E-state index contributed by atoms with van der Waals surface area (Å²) in [5.74, 6) is 0. The summed E-state index contributed by atoms with van der Waals surface area (Å²) in [6.45, 7) is 4.57. The minimum absolute atomic E-state index is 0.270. The number of rotatable bonds is 5. The standard InChI is InChI=1S/C18H23NO/c1-3-18(2,13-19)17(20)16-11-9-15(10-12-16)14-7-5-4-6-8-14/h4-12,17,20H,3,13,19H2,1-2H3. The van der Waals surface area contributed by atoms with Gasteiger partial charge in [-0.3, -0.25) is 0 Å². The van der Waals surface area contributed by atoms with Crippen molar-refractivity contribution in [1.82, 2.24) is 0 Å². The monoisotopic (exact) mass is 269 g/mol. The predicted octanol–water partition coefficient (Wildman–Crippen LogP) is 3.76. The van der Waals surface area contributed by atoms with E-state index in [0.717, 1.165) is 17.5 Å². The molecule has 0 fully saturated rings. The Hall–Kier alpha value is -1.64. The van der Waals surface area contributed by atoms with Gasteiger partial charge in [-0.15, -0.1) is 0 Å². The summed E-state index contributed by atoms with van der Waals surface area (Å²) in [7, 11) is 0. The molecular formula is C18H23NO. The van der Waals surface area contributed by atoms with Crippen LogP contribution in [0.5, 0.6) is 0 Å². The molecule has 106 valence electrons. The SMILES string of the molecule is CCC(C)(CN)C(O)c1ccc(-c2ccccc2)cc1. The van der Waals surface area contributed by atoms with Crippen molar-refractivity contribution in [3.8, 4) is 11.1 Å². The number of hydrogen-bond acceptors (Lipinski definition) is 2. The lowest BCUT2D eigenvalue weighted by Gasteiger charge is -2.32. The lowest BCUT2D eigenvalue weighted by molar-refractivity contribution is 0.0392. The van der Waals surface area contributed by atoms with E-state index >= 15 is 0 Å². The van der Waals surface area contributed by atoms with Crippen LogP contribution < -0.4 is 5.73 Å². The van der Waals surface area contributed by atoms with Crippen molar-refractivity contribution >= 4 is 0 Å². The van der Waals surface area contributed by atoms with Crippen LogP contribution in [-0.2, 0) is 0 Å². The van der Waals surface area contributed by atoms with Crippen molar-refractivity contribution in [2.45, 2.75) is 26.4 Å². The van der Waals surface area contributed by atoms with Crippen LogP contribution in [-0.4, -0.2) is 11.7 Å². The molecule has 0 aliphatic carbocycles. The summed E-state index contributed by atoms with van der Waals surface area (Å²) < 4.78 is 0. The molecule has 2 heteroatoms. The lowest BCUT2D eigenvalue weighted by Crippen LogP contribution is -2.33. The predicted molar refractivity (Wildman–Crippen MR) is 84.3 cm³/mol. The molecule has 2 rings (SSSR count). The van der Waals surface area contributed by atoms with Gasteiger partial charge in [0.15, 0.2) is 0 Å². The number of nitrogens with two attached hydrogens (primary N) is 1. The maximum atomic E-state index is 10.5. The largest absolute Gasteiger partial charge is 0.388 e. The van der Waals surface area contributed by atoms with Gasteiger partial charge in [0, 0.05) is 12.0 Å². The summed E-state index contributed by atoms with van der Waals surface area (Å²) in [6.07, 6.45) is 0.327. The van der Waals surface area contributed by atoms with Crippen LogP contribution in [0.2, 0.25) is 0 Å². The van der Waals surface area contributed by atoms with Crippen LogP contribution in [0.1, 0.15) is 31.9 Å². The third kappa shape index (κ3) is 2.92. The van der Waals surface area contributed by atoms with Gasteiger partial charge in [0.1, 0.15) is 0 Å². The number of hydrogen-bond donors (Lipinski definition) is 2. The zero-order valence-corrected chi connectivity index (χ0v) is 12.2. The molecule has 0 aliphatic heterocycles. The summed E-state index contributed by atoms with van der Waals surface area (Å²) in [4.78, 5) is 0. The van der Waals surface area contributed by atoms with Crippen LogP contribution >= 0.6 is 0 Å². The van der Waals surface area contributed by atoms with Crippen LogP contribution in [0.15, 0.2) is 54.6 Å². The van der Waals surface area contributed by atoms with Gasteiger partial charge >= 0.3 is 0 Å². The number of aliphatic hydroxyl groups excluding tert-OH is 1. The Labute approximate surface area is 121 Å². The van der Waals surface area contributed by atoms with E-state index in [1.165, 1.54) is 5.56 Å². The molecule has 0 aliphatic rings. The highest BCUT2D eigenvalue weighted by Crippen LogP contribution is 2.36. The molecule has 2 nitrogen and oxygen atoms in total. The molecule has 20 heavy (non-hydrogen) atoms. The molecule has 0 amide bonds. The van der Waals surface area contributed by atoms with Gasteiger partial charge in [0.25, 0.3) is 0 Å². The van der Waals surface area contributed by atoms with Gasteiger partial charge in [0.2, 0.25) is 0 Å².